The Balaban J connectivity index is 2.38. The molecule has 0 bridgehead atoms. The van der Waals surface area contributed by atoms with Gasteiger partial charge in [-0.15, -0.1) is 0 Å². The quantitative estimate of drug-likeness (QED) is 0.602. The van der Waals surface area contributed by atoms with E-state index in [1.54, 1.807) is 0 Å². The highest BCUT2D eigenvalue weighted by Crippen LogP contribution is 2.16. The summed E-state index contributed by atoms with van der Waals surface area (Å²) < 4.78 is 0. The van der Waals surface area contributed by atoms with E-state index in [1.807, 2.05) is 20.8 Å². The van der Waals surface area contributed by atoms with E-state index in [4.69, 9.17) is 5.11 Å². The molecule has 0 aromatic rings. The van der Waals surface area contributed by atoms with Gasteiger partial charge in [-0.1, -0.05) is 20.8 Å². The van der Waals surface area contributed by atoms with E-state index >= 15 is 0 Å². The summed E-state index contributed by atoms with van der Waals surface area (Å²) >= 11 is 0. The molecule has 0 radical (unpaired) electrons. The molecule has 0 aromatic heterocycles. The Morgan fingerprint density at radius 2 is 2.07 bits per heavy atom. The van der Waals surface area contributed by atoms with Crippen LogP contribution in [0.2, 0.25) is 0 Å². The van der Waals surface area contributed by atoms with Gasteiger partial charge >= 0.3 is 0 Å². The lowest BCUT2D eigenvalue weighted by molar-refractivity contribution is -0.128. The van der Waals surface area contributed by atoms with Crippen molar-refractivity contribution in [2.45, 2.75) is 26.8 Å². The average molecular weight is 214 g/mol. The maximum absolute atomic E-state index is 11.8. The second-order valence-electron chi connectivity index (χ2n) is 4.75. The second kappa shape index (κ2) is 5.47. The van der Waals surface area contributed by atoms with Crippen molar-refractivity contribution in [3.63, 3.8) is 0 Å². The summed E-state index contributed by atoms with van der Waals surface area (Å²) in [6.07, 6.45) is 0. The molecule has 2 unspecified atom stereocenters. The van der Waals surface area contributed by atoms with Gasteiger partial charge in [-0.25, -0.2) is 0 Å². The first kappa shape index (κ1) is 12.5. The summed E-state index contributed by atoms with van der Waals surface area (Å²) in [4.78, 5) is 11.8. The summed E-state index contributed by atoms with van der Waals surface area (Å²) in [6, 6.07) is -0.118. The summed E-state index contributed by atoms with van der Waals surface area (Å²) in [6.45, 7) is 7.82. The third-order valence-electron chi connectivity index (χ3n) is 3.26. The molecule has 0 spiro atoms. The number of hydrogen-bond donors (Lipinski definition) is 3. The summed E-state index contributed by atoms with van der Waals surface area (Å²) in [5.41, 5.74) is 0. The van der Waals surface area contributed by atoms with Crippen LogP contribution in [0.25, 0.3) is 0 Å². The van der Waals surface area contributed by atoms with Crippen molar-refractivity contribution >= 4 is 5.91 Å². The molecular formula is C11H22N2O2. The molecule has 1 saturated heterocycles. The summed E-state index contributed by atoms with van der Waals surface area (Å²) in [5, 5.41) is 15.2. The van der Waals surface area contributed by atoms with Crippen LogP contribution in [0, 0.1) is 17.8 Å². The number of carbonyl (C=O) groups excluding carboxylic acids is 1. The van der Waals surface area contributed by atoms with Gasteiger partial charge in [-0.3, -0.25) is 4.79 Å². The smallest absolute Gasteiger partial charge is 0.223 e. The van der Waals surface area contributed by atoms with Crippen molar-refractivity contribution in [3.05, 3.63) is 0 Å². The molecule has 88 valence electrons. The lowest BCUT2D eigenvalue weighted by atomic mass is 9.88. The number of aliphatic hydroxyl groups excluding tert-OH is 1. The van der Waals surface area contributed by atoms with Crippen LogP contribution >= 0.6 is 0 Å². The van der Waals surface area contributed by atoms with E-state index in [0.29, 0.717) is 5.92 Å². The van der Waals surface area contributed by atoms with Gasteiger partial charge in [-0.05, 0) is 24.9 Å². The predicted molar refractivity (Wildman–Crippen MR) is 59.4 cm³/mol. The maximum Gasteiger partial charge on any atom is 0.223 e. The highest BCUT2D eigenvalue weighted by molar-refractivity contribution is 5.79. The fraction of sp³-hybridized carbons (Fsp3) is 0.909. The van der Waals surface area contributed by atoms with Crippen LogP contribution in [0.3, 0.4) is 0 Å². The van der Waals surface area contributed by atoms with Gasteiger partial charge in [0.1, 0.15) is 0 Å². The Hall–Kier alpha value is -0.610. The van der Waals surface area contributed by atoms with Crippen LogP contribution < -0.4 is 10.6 Å². The standard InChI is InChI=1S/C11H22N2O2/c1-7(2)10(6-14)13-11(15)8(3)9-4-12-5-9/h7-10,12,14H,4-6H2,1-3H3,(H,13,15). The highest BCUT2D eigenvalue weighted by atomic mass is 16.3. The Bertz CT molecular complexity index is 215. The monoisotopic (exact) mass is 214 g/mol. The van der Waals surface area contributed by atoms with Crippen molar-refractivity contribution < 1.29 is 9.90 Å². The minimum atomic E-state index is -0.118. The average Bonchev–Trinajstić information content (AvgIpc) is 2.10. The fourth-order valence-corrected chi connectivity index (χ4v) is 1.62. The van der Waals surface area contributed by atoms with Gasteiger partial charge in [0.25, 0.3) is 0 Å². The summed E-state index contributed by atoms with van der Waals surface area (Å²) in [7, 11) is 0. The minimum Gasteiger partial charge on any atom is -0.394 e. The van der Waals surface area contributed by atoms with E-state index in [9.17, 15) is 4.79 Å². The van der Waals surface area contributed by atoms with Crippen LogP contribution in [0.5, 0.6) is 0 Å². The number of hydrogen-bond acceptors (Lipinski definition) is 3. The number of aliphatic hydroxyl groups is 1. The van der Waals surface area contributed by atoms with Crippen LogP contribution in [-0.2, 0) is 4.79 Å². The van der Waals surface area contributed by atoms with Crippen molar-refractivity contribution in [3.8, 4) is 0 Å². The van der Waals surface area contributed by atoms with Gasteiger partial charge in [0, 0.05) is 5.92 Å². The van der Waals surface area contributed by atoms with Crippen LogP contribution in [0.15, 0.2) is 0 Å². The van der Waals surface area contributed by atoms with Crippen LogP contribution in [0.1, 0.15) is 20.8 Å². The van der Waals surface area contributed by atoms with Crippen LogP contribution in [-0.4, -0.2) is 36.8 Å². The Labute approximate surface area is 91.4 Å². The Morgan fingerprint density at radius 3 is 2.40 bits per heavy atom. The first-order valence-electron chi connectivity index (χ1n) is 5.68. The van der Waals surface area contributed by atoms with Gasteiger partial charge in [0.15, 0.2) is 0 Å². The second-order valence-corrected chi connectivity index (χ2v) is 4.75. The lowest BCUT2D eigenvalue weighted by Crippen LogP contribution is -2.52. The lowest BCUT2D eigenvalue weighted by Gasteiger charge is -2.33. The molecule has 0 aliphatic carbocycles. The third-order valence-corrected chi connectivity index (χ3v) is 3.26. The molecular weight excluding hydrogens is 192 g/mol. The summed E-state index contributed by atoms with van der Waals surface area (Å²) in [5.74, 6) is 0.829. The topological polar surface area (TPSA) is 61.4 Å². The van der Waals surface area contributed by atoms with E-state index in [-0.39, 0.29) is 30.4 Å². The number of rotatable bonds is 5. The number of carbonyl (C=O) groups is 1. The fourth-order valence-electron chi connectivity index (χ4n) is 1.62. The van der Waals surface area contributed by atoms with Crippen LogP contribution in [0.4, 0.5) is 0 Å². The predicted octanol–water partition coefficient (Wildman–Crippen LogP) is -0.0250. The van der Waals surface area contributed by atoms with Gasteiger partial charge in [0.2, 0.25) is 5.91 Å². The highest BCUT2D eigenvalue weighted by Gasteiger charge is 2.29. The molecule has 3 N–H and O–H groups in total. The van der Waals surface area contributed by atoms with E-state index in [0.717, 1.165) is 13.1 Å². The molecule has 0 aromatic carbocycles. The molecule has 4 heteroatoms. The van der Waals surface area contributed by atoms with E-state index in [2.05, 4.69) is 10.6 Å². The number of amides is 1. The van der Waals surface area contributed by atoms with Crippen molar-refractivity contribution in [1.29, 1.82) is 0 Å². The zero-order valence-corrected chi connectivity index (χ0v) is 9.79. The van der Waals surface area contributed by atoms with Crippen molar-refractivity contribution in [2.75, 3.05) is 19.7 Å². The molecule has 1 aliphatic heterocycles. The third kappa shape index (κ3) is 3.18. The molecule has 2 atom stereocenters. The largest absolute Gasteiger partial charge is 0.394 e. The van der Waals surface area contributed by atoms with Gasteiger partial charge < -0.3 is 15.7 Å². The normalized spacial score (nSPS) is 20.9. The molecule has 1 rings (SSSR count). The number of nitrogens with one attached hydrogen (secondary N) is 2. The van der Waals surface area contributed by atoms with E-state index in [1.165, 1.54) is 0 Å². The zero-order valence-electron chi connectivity index (χ0n) is 9.79. The Morgan fingerprint density at radius 1 is 1.47 bits per heavy atom. The molecule has 1 aliphatic rings. The van der Waals surface area contributed by atoms with E-state index < -0.39 is 0 Å². The molecule has 0 saturated carbocycles. The first-order valence-corrected chi connectivity index (χ1v) is 5.68. The van der Waals surface area contributed by atoms with Crippen molar-refractivity contribution in [2.24, 2.45) is 17.8 Å². The maximum atomic E-state index is 11.8. The van der Waals surface area contributed by atoms with Gasteiger partial charge in [-0.2, -0.15) is 0 Å². The van der Waals surface area contributed by atoms with Crippen molar-refractivity contribution in [1.82, 2.24) is 10.6 Å². The molecule has 4 nitrogen and oxygen atoms in total. The minimum absolute atomic E-state index is 0.0129. The first-order chi connectivity index (χ1) is 7.06. The molecule has 1 amide bonds. The van der Waals surface area contributed by atoms with Gasteiger partial charge in [0.05, 0.1) is 12.6 Å². The molecule has 1 fully saturated rings. The Kier molecular flexibility index (Phi) is 4.54. The molecule has 1 heterocycles. The molecule has 15 heavy (non-hydrogen) atoms. The zero-order chi connectivity index (χ0) is 11.4. The SMILES string of the molecule is CC(C)C(CO)NC(=O)C(C)C1CNC1.